The van der Waals surface area contributed by atoms with E-state index in [-0.39, 0.29) is 24.6 Å². The minimum absolute atomic E-state index is 0.00394. The molecule has 0 amide bonds. The van der Waals surface area contributed by atoms with E-state index in [2.05, 4.69) is 15.0 Å². The molecule has 0 saturated carbocycles. The topological polar surface area (TPSA) is 141 Å². The van der Waals surface area contributed by atoms with Crippen molar-refractivity contribution in [3.63, 3.8) is 0 Å². The van der Waals surface area contributed by atoms with Crippen LogP contribution in [0.2, 0.25) is 0 Å². The van der Waals surface area contributed by atoms with E-state index >= 15 is 0 Å². The van der Waals surface area contributed by atoms with Crippen molar-refractivity contribution in [2.75, 3.05) is 13.2 Å². The van der Waals surface area contributed by atoms with Gasteiger partial charge in [-0.1, -0.05) is 12.1 Å². The van der Waals surface area contributed by atoms with Crippen molar-refractivity contribution in [1.82, 2.24) is 0 Å². The first-order chi connectivity index (χ1) is 11.9. The van der Waals surface area contributed by atoms with E-state index in [4.69, 9.17) is 4.74 Å². The first-order valence-electron chi connectivity index (χ1n) is 7.30. The maximum Gasteiger partial charge on any atom is 0.362 e. The van der Waals surface area contributed by atoms with E-state index < -0.39 is 34.7 Å². The molecular formula is C15H17N3O7. The predicted octanol–water partition coefficient (Wildman–Crippen LogP) is 2.96. The Balaban J connectivity index is 3.19. The fourth-order valence-electron chi connectivity index (χ4n) is 1.66. The van der Waals surface area contributed by atoms with Crippen LogP contribution in [-0.4, -0.2) is 35.2 Å². The van der Waals surface area contributed by atoms with Gasteiger partial charge in [0.05, 0.1) is 18.1 Å². The molecule has 0 atom stereocenters. The summed E-state index contributed by atoms with van der Waals surface area (Å²) in [5.74, 6) is -2.51. The van der Waals surface area contributed by atoms with E-state index in [9.17, 15) is 24.8 Å². The van der Waals surface area contributed by atoms with Crippen molar-refractivity contribution >= 4 is 23.3 Å². The van der Waals surface area contributed by atoms with Gasteiger partial charge in [0.15, 0.2) is 5.69 Å². The second-order valence-electron chi connectivity index (χ2n) is 4.44. The summed E-state index contributed by atoms with van der Waals surface area (Å²) in [6, 6.07) is 5.46. The Bertz CT molecular complexity index is 713. The van der Waals surface area contributed by atoms with Crippen molar-refractivity contribution in [3.05, 3.63) is 45.8 Å². The van der Waals surface area contributed by atoms with Crippen LogP contribution in [0, 0.1) is 10.1 Å². The lowest BCUT2D eigenvalue weighted by atomic mass is 10.3. The molecule has 1 N–H and O–H groups in total. The highest BCUT2D eigenvalue weighted by molar-refractivity contribution is 5.89. The molecule has 0 saturated heterocycles. The van der Waals surface area contributed by atoms with Crippen LogP contribution in [0.3, 0.4) is 0 Å². The number of nitrogens with zero attached hydrogens (tertiary/aromatic N) is 3. The third kappa shape index (κ3) is 6.01. The van der Waals surface area contributed by atoms with Crippen LogP contribution in [0.1, 0.15) is 20.3 Å². The lowest BCUT2D eigenvalue weighted by Gasteiger charge is -2.05. The van der Waals surface area contributed by atoms with E-state index in [0.717, 1.165) is 0 Å². The first kappa shape index (κ1) is 19.7. The van der Waals surface area contributed by atoms with Gasteiger partial charge in [-0.2, -0.15) is 0 Å². The molecule has 1 rings (SSSR count). The van der Waals surface area contributed by atoms with Crippen LogP contribution < -0.4 is 0 Å². The molecule has 0 aliphatic heterocycles. The van der Waals surface area contributed by atoms with Gasteiger partial charge in [0.25, 0.3) is 5.69 Å². The summed E-state index contributed by atoms with van der Waals surface area (Å²) in [7, 11) is 0. The smallest absolute Gasteiger partial charge is 0.362 e. The Morgan fingerprint density at radius 1 is 1.20 bits per heavy atom. The summed E-state index contributed by atoms with van der Waals surface area (Å²) in [4.78, 5) is 33.6. The van der Waals surface area contributed by atoms with Gasteiger partial charge in [-0.25, -0.2) is 4.79 Å². The number of hydrogen-bond acceptors (Lipinski definition) is 9. The number of hydrogen-bond donors (Lipinski definition) is 1. The molecule has 0 aliphatic rings. The molecule has 0 unspecified atom stereocenters. The van der Waals surface area contributed by atoms with Crippen LogP contribution in [0.4, 0.5) is 11.4 Å². The van der Waals surface area contributed by atoms with Gasteiger partial charge in [0, 0.05) is 6.07 Å². The average Bonchev–Trinajstić information content (AvgIpc) is 2.55. The first-order valence-corrected chi connectivity index (χ1v) is 7.30. The van der Waals surface area contributed by atoms with Crippen molar-refractivity contribution in [3.8, 4) is 0 Å². The standard InChI is InChI=1S/C15H17N3O7/c1-3-24-13(20)9-12(19)14(15(21)25-4-2)17-16-10-7-5-6-8-11(10)18(22)23/h5-8,19H,3-4,9H2,1-2H3/b14-12-,17-16?. The van der Waals surface area contributed by atoms with E-state index in [0.29, 0.717) is 0 Å². The predicted molar refractivity (Wildman–Crippen MR) is 85.2 cm³/mol. The summed E-state index contributed by atoms with van der Waals surface area (Å²) < 4.78 is 9.41. The largest absolute Gasteiger partial charge is 0.509 e. The lowest BCUT2D eigenvalue weighted by Crippen LogP contribution is -2.12. The van der Waals surface area contributed by atoms with Crippen molar-refractivity contribution < 1.29 is 29.1 Å². The van der Waals surface area contributed by atoms with Crippen LogP contribution in [-0.2, 0) is 19.1 Å². The summed E-state index contributed by atoms with van der Waals surface area (Å²) in [6.45, 7) is 3.21. The maximum atomic E-state index is 11.9. The normalized spacial score (nSPS) is 11.8. The Hall–Kier alpha value is -3.30. The Morgan fingerprint density at radius 2 is 1.84 bits per heavy atom. The number of nitro benzene ring substituents is 1. The summed E-state index contributed by atoms with van der Waals surface area (Å²) in [6.07, 6.45) is -0.613. The van der Waals surface area contributed by atoms with Crippen LogP contribution in [0.25, 0.3) is 0 Å². The van der Waals surface area contributed by atoms with Gasteiger partial charge in [0.1, 0.15) is 12.2 Å². The molecule has 0 radical (unpaired) electrons. The minimum atomic E-state index is -1.02. The highest BCUT2D eigenvalue weighted by Crippen LogP contribution is 2.27. The number of benzene rings is 1. The molecule has 0 spiro atoms. The SMILES string of the molecule is CCOC(=O)C/C(O)=C(/N=Nc1ccccc1[N+](=O)[O-])C(=O)OCC. The Kier molecular flexibility index (Phi) is 7.70. The number of carbonyl (C=O) groups excluding carboxylic acids is 2. The molecule has 0 fully saturated rings. The molecule has 25 heavy (non-hydrogen) atoms. The number of carbonyl (C=O) groups is 2. The third-order valence-electron chi connectivity index (χ3n) is 2.70. The maximum absolute atomic E-state index is 11.9. The Labute approximate surface area is 142 Å². The second kappa shape index (κ2) is 9.75. The average molecular weight is 351 g/mol. The van der Waals surface area contributed by atoms with Gasteiger partial charge < -0.3 is 14.6 Å². The van der Waals surface area contributed by atoms with E-state index in [1.807, 2.05) is 0 Å². The molecule has 10 nitrogen and oxygen atoms in total. The zero-order valence-corrected chi connectivity index (χ0v) is 13.7. The van der Waals surface area contributed by atoms with E-state index in [1.165, 1.54) is 31.2 Å². The number of ether oxygens (including phenoxy) is 2. The monoisotopic (exact) mass is 351 g/mol. The summed E-state index contributed by atoms with van der Waals surface area (Å²) >= 11 is 0. The highest BCUT2D eigenvalue weighted by Gasteiger charge is 2.20. The molecule has 10 heteroatoms. The van der Waals surface area contributed by atoms with Gasteiger partial charge in [-0.3, -0.25) is 14.9 Å². The molecule has 0 aromatic heterocycles. The molecule has 0 aliphatic carbocycles. The van der Waals surface area contributed by atoms with E-state index in [1.54, 1.807) is 6.92 Å². The zero-order chi connectivity index (χ0) is 18.8. The zero-order valence-electron chi connectivity index (χ0n) is 13.7. The number of aliphatic hydroxyl groups is 1. The van der Waals surface area contributed by atoms with Gasteiger partial charge in [-0.05, 0) is 19.9 Å². The number of aliphatic hydroxyl groups excluding tert-OH is 1. The lowest BCUT2D eigenvalue weighted by molar-refractivity contribution is -0.384. The molecular weight excluding hydrogens is 334 g/mol. The third-order valence-corrected chi connectivity index (χ3v) is 2.70. The number of rotatable bonds is 8. The van der Waals surface area contributed by atoms with Crippen LogP contribution >= 0.6 is 0 Å². The molecule has 0 bridgehead atoms. The van der Waals surface area contributed by atoms with Crippen LogP contribution in [0.15, 0.2) is 46.0 Å². The number of esters is 2. The highest BCUT2D eigenvalue weighted by atomic mass is 16.6. The molecule has 1 aromatic rings. The molecule has 134 valence electrons. The number of para-hydroxylation sites is 1. The van der Waals surface area contributed by atoms with Gasteiger partial charge in [0.2, 0.25) is 5.70 Å². The fourth-order valence-corrected chi connectivity index (χ4v) is 1.66. The summed E-state index contributed by atoms with van der Waals surface area (Å²) in [5, 5.41) is 28.0. The number of azo groups is 1. The Morgan fingerprint density at radius 3 is 2.44 bits per heavy atom. The van der Waals surface area contributed by atoms with Crippen molar-refractivity contribution in [2.45, 2.75) is 20.3 Å². The van der Waals surface area contributed by atoms with Gasteiger partial charge >= 0.3 is 11.9 Å². The second-order valence-corrected chi connectivity index (χ2v) is 4.44. The number of nitro groups is 1. The van der Waals surface area contributed by atoms with Gasteiger partial charge in [-0.15, -0.1) is 10.2 Å². The molecule has 1 aromatic carbocycles. The quantitative estimate of drug-likeness (QED) is 0.189. The molecule has 0 heterocycles. The fraction of sp³-hybridized carbons (Fsp3) is 0.333. The summed E-state index contributed by atoms with van der Waals surface area (Å²) in [5.41, 5.74) is -1.09. The van der Waals surface area contributed by atoms with Crippen LogP contribution in [0.5, 0.6) is 0 Å². The van der Waals surface area contributed by atoms with Crippen molar-refractivity contribution in [1.29, 1.82) is 0 Å². The van der Waals surface area contributed by atoms with Crippen molar-refractivity contribution in [2.24, 2.45) is 10.2 Å². The minimum Gasteiger partial charge on any atom is -0.509 e.